The van der Waals surface area contributed by atoms with Crippen molar-refractivity contribution in [1.29, 1.82) is 0 Å². The molecule has 0 unspecified atom stereocenters. The molecule has 3 rings (SSSR count). The molecule has 0 saturated carbocycles. The quantitative estimate of drug-likeness (QED) is 0.712. The first kappa shape index (κ1) is 16.7. The third kappa shape index (κ3) is 4.24. The van der Waals surface area contributed by atoms with E-state index < -0.39 is 5.91 Å². The van der Waals surface area contributed by atoms with E-state index in [1.807, 2.05) is 41.8 Å². The molecule has 3 N–H and O–H groups in total. The number of hydrogen-bond acceptors (Lipinski definition) is 4. The van der Waals surface area contributed by atoms with Crippen LogP contribution in [-0.2, 0) is 4.79 Å². The summed E-state index contributed by atoms with van der Waals surface area (Å²) in [5.41, 5.74) is 7.59. The van der Waals surface area contributed by atoms with Gasteiger partial charge in [-0.25, -0.2) is 0 Å². The molecule has 0 saturated heterocycles. The molecular weight excluding hydrogens is 336 g/mol. The van der Waals surface area contributed by atoms with Crippen molar-refractivity contribution in [3.8, 4) is 16.9 Å². The van der Waals surface area contributed by atoms with Gasteiger partial charge >= 0.3 is 0 Å². The summed E-state index contributed by atoms with van der Waals surface area (Å²) in [5.74, 6) is -0.193. The minimum absolute atomic E-state index is 0.167. The summed E-state index contributed by atoms with van der Waals surface area (Å²) < 4.78 is 5.19. The Hall–Kier alpha value is -3.12. The number of amides is 2. The predicted molar refractivity (Wildman–Crippen MR) is 98.8 cm³/mol. The molecule has 1 heterocycles. The van der Waals surface area contributed by atoms with Crippen molar-refractivity contribution in [3.05, 3.63) is 70.9 Å². The van der Waals surface area contributed by atoms with E-state index in [0.717, 1.165) is 11.1 Å². The van der Waals surface area contributed by atoms with Crippen molar-refractivity contribution in [2.45, 2.75) is 0 Å². The van der Waals surface area contributed by atoms with Crippen molar-refractivity contribution in [3.63, 3.8) is 0 Å². The maximum Gasteiger partial charge on any atom is 0.266 e. The second kappa shape index (κ2) is 7.63. The number of anilines is 1. The maximum atomic E-state index is 12.6. The Kier molecular flexibility index (Phi) is 5.11. The fraction of sp³-hybridized carbons (Fsp3) is 0.0526. The average Bonchev–Trinajstić information content (AvgIpc) is 3.12. The summed E-state index contributed by atoms with van der Waals surface area (Å²) >= 11 is 1.40. The molecule has 1 aromatic heterocycles. The fourth-order valence-corrected chi connectivity index (χ4v) is 3.12. The van der Waals surface area contributed by atoms with E-state index >= 15 is 0 Å². The number of benzene rings is 2. The fourth-order valence-electron chi connectivity index (χ4n) is 2.31. The van der Waals surface area contributed by atoms with Crippen LogP contribution in [0.15, 0.2) is 66.0 Å². The van der Waals surface area contributed by atoms with Gasteiger partial charge in [-0.1, -0.05) is 30.3 Å². The standard InChI is InChI=1S/C19H16N2O3S/c20-17(22)12-24-15-8-6-14(7-9-15)21-19(23)18-16(10-11-25-18)13-4-2-1-3-5-13/h1-11H,12H2,(H2,20,22)(H,21,23). The van der Waals surface area contributed by atoms with E-state index in [1.54, 1.807) is 24.3 Å². The van der Waals surface area contributed by atoms with Gasteiger partial charge in [-0.2, -0.15) is 0 Å². The molecule has 2 amide bonds. The van der Waals surface area contributed by atoms with Crippen molar-refractivity contribution in [1.82, 2.24) is 0 Å². The minimum atomic E-state index is -0.538. The molecule has 25 heavy (non-hydrogen) atoms. The number of nitrogens with one attached hydrogen (secondary N) is 1. The van der Waals surface area contributed by atoms with Gasteiger partial charge in [0.05, 0.1) is 4.88 Å². The van der Waals surface area contributed by atoms with Gasteiger partial charge in [-0.3, -0.25) is 9.59 Å². The molecule has 0 atom stereocenters. The Balaban J connectivity index is 1.71. The van der Waals surface area contributed by atoms with E-state index in [2.05, 4.69) is 5.32 Å². The van der Waals surface area contributed by atoms with Crippen LogP contribution in [0.5, 0.6) is 5.75 Å². The molecule has 5 nitrogen and oxygen atoms in total. The van der Waals surface area contributed by atoms with E-state index in [0.29, 0.717) is 16.3 Å². The Morgan fingerprint density at radius 2 is 1.72 bits per heavy atom. The third-order valence-corrected chi connectivity index (χ3v) is 4.36. The number of hydrogen-bond donors (Lipinski definition) is 2. The van der Waals surface area contributed by atoms with E-state index in [9.17, 15) is 9.59 Å². The molecule has 126 valence electrons. The second-order valence-corrected chi connectivity index (χ2v) is 6.18. The van der Waals surface area contributed by atoms with Gasteiger partial charge < -0.3 is 15.8 Å². The molecule has 0 radical (unpaired) electrons. The van der Waals surface area contributed by atoms with E-state index in [1.165, 1.54) is 11.3 Å². The van der Waals surface area contributed by atoms with Crippen LogP contribution in [0.1, 0.15) is 9.67 Å². The summed E-state index contributed by atoms with van der Waals surface area (Å²) in [6.07, 6.45) is 0. The van der Waals surface area contributed by atoms with Crippen molar-refractivity contribution in [2.75, 3.05) is 11.9 Å². The predicted octanol–water partition coefficient (Wildman–Crippen LogP) is 3.53. The summed E-state index contributed by atoms with van der Waals surface area (Å²) in [6.45, 7) is -0.179. The molecule has 0 aliphatic heterocycles. The van der Waals surface area contributed by atoms with E-state index in [-0.39, 0.29) is 12.5 Å². The Morgan fingerprint density at radius 1 is 1.00 bits per heavy atom. The normalized spacial score (nSPS) is 10.2. The van der Waals surface area contributed by atoms with Gasteiger partial charge in [0.2, 0.25) is 0 Å². The van der Waals surface area contributed by atoms with Gasteiger partial charge in [0.15, 0.2) is 6.61 Å². The second-order valence-electron chi connectivity index (χ2n) is 5.26. The first-order chi connectivity index (χ1) is 12.1. The van der Waals surface area contributed by atoms with Crippen LogP contribution in [0, 0.1) is 0 Å². The summed E-state index contributed by atoms with van der Waals surface area (Å²) in [5, 5.41) is 4.77. The number of nitrogens with two attached hydrogens (primary N) is 1. The van der Waals surface area contributed by atoms with Crippen LogP contribution >= 0.6 is 11.3 Å². The van der Waals surface area contributed by atoms with Crippen LogP contribution in [-0.4, -0.2) is 18.4 Å². The first-order valence-corrected chi connectivity index (χ1v) is 8.47. The third-order valence-electron chi connectivity index (χ3n) is 3.45. The van der Waals surface area contributed by atoms with Gasteiger partial charge in [0.1, 0.15) is 5.75 Å². The molecule has 3 aromatic rings. The summed E-state index contributed by atoms with van der Waals surface area (Å²) in [7, 11) is 0. The van der Waals surface area contributed by atoms with Crippen LogP contribution in [0.4, 0.5) is 5.69 Å². The molecular formula is C19H16N2O3S. The van der Waals surface area contributed by atoms with Crippen LogP contribution in [0.25, 0.3) is 11.1 Å². The zero-order valence-electron chi connectivity index (χ0n) is 13.3. The first-order valence-electron chi connectivity index (χ1n) is 7.59. The Labute approximate surface area is 149 Å². The zero-order chi connectivity index (χ0) is 17.6. The van der Waals surface area contributed by atoms with Crippen LogP contribution in [0.3, 0.4) is 0 Å². The number of ether oxygens (including phenoxy) is 1. The highest BCUT2D eigenvalue weighted by molar-refractivity contribution is 7.12. The van der Waals surface area contributed by atoms with Gasteiger partial charge in [-0.05, 0) is 41.3 Å². The lowest BCUT2D eigenvalue weighted by Crippen LogP contribution is -2.20. The lowest BCUT2D eigenvalue weighted by Gasteiger charge is -2.08. The summed E-state index contributed by atoms with van der Waals surface area (Å²) in [6, 6.07) is 18.5. The smallest absolute Gasteiger partial charge is 0.266 e. The average molecular weight is 352 g/mol. The molecule has 6 heteroatoms. The zero-order valence-corrected chi connectivity index (χ0v) is 14.1. The van der Waals surface area contributed by atoms with Crippen LogP contribution in [0.2, 0.25) is 0 Å². The number of primary amides is 1. The van der Waals surface area contributed by atoms with Gasteiger partial charge in [0, 0.05) is 11.3 Å². The highest BCUT2D eigenvalue weighted by atomic mass is 32.1. The molecule has 0 fully saturated rings. The SMILES string of the molecule is NC(=O)COc1ccc(NC(=O)c2sccc2-c2ccccc2)cc1. The van der Waals surface area contributed by atoms with Gasteiger partial charge in [-0.15, -0.1) is 11.3 Å². The summed E-state index contributed by atoms with van der Waals surface area (Å²) in [4.78, 5) is 23.9. The molecule has 0 aliphatic carbocycles. The molecule has 0 aliphatic rings. The van der Waals surface area contributed by atoms with Crippen LogP contribution < -0.4 is 15.8 Å². The maximum absolute atomic E-state index is 12.6. The van der Waals surface area contributed by atoms with E-state index in [4.69, 9.17) is 10.5 Å². The molecule has 0 bridgehead atoms. The number of carbonyl (C=O) groups excluding carboxylic acids is 2. The number of rotatable bonds is 6. The van der Waals surface area contributed by atoms with Gasteiger partial charge in [0.25, 0.3) is 11.8 Å². The lowest BCUT2D eigenvalue weighted by molar-refractivity contribution is -0.119. The number of thiophene rings is 1. The molecule has 0 spiro atoms. The monoisotopic (exact) mass is 352 g/mol. The minimum Gasteiger partial charge on any atom is -0.484 e. The Morgan fingerprint density at radius 3 is 2.40 bits per heavy atom. The number of carbonyl (C=O) groups is 2. The lowest BCUT2D eigenvalue weighted by atomic mass is 10.1. The Bertz CT molecular complexity index is 873. The largest absolute Gasteiger partial charge is 0.484 e. The highest BCUT2D eigenvalue weighted by Gasteiger charge is 2.14. The molecule has 2 aromatic carbocycles. The topological polar surface area (TPSA) is 81.4 Å². The van der Waals surface area contributed by atoms with Crippen molar-refractivity contribution < 1.29 is 14.3 Å². The highest BCUT2D eigenvalue weighted by Crippen LogP contribution is 2.29. The van der Waals surface area contributed by atoms with Crippen molar-refractivity contribution >= 4 is 28.8 Å². The van der Waals surface area contributed by atoms with Crippen molar-refractivity contribution in [2.24, 2.45) is 5.73 Å².